The van der Waals surface area contributed by atoms with Crippen LogP contribution in [-0.2, 0) is 6.42 Å². The molecule has 3 aromatic carbocycles. The number of phenols is 1. The number of para-hydroxylation sites is 2. The van der Waals surface area contributed by atoms with Crippen molar-refractivity contribution < 1.29 is 14.6 Å². The van der Waals surface area contributed by atoms with Crippen LogP contribution < -0.4 is 15.4 Å². The van der Waals surface area contributed by atoms with E-state index in [1.807, 2.05) is 42.5 Å². The first-order chi connectivity index (χ1) is 17.8. The number of nitrogens with zero attached hydrogens (tertiary/aromatic N) is 2. The fraction of sp³-hybridized carbons (Fsp3) is 0.233. The zero-order valence-electron chi connectivity index (χ0n) is 21.4. The smallest absolute Gasteiger partial charge is 0.255 e. The van der Waals surface area contributed by atoms with E-state index in [0.29, 0.717) is 17.9 Å². The van der Waals surface area contributed by atoms with Gasteiger partial charge in [-0.05, 0) is 60.2 Å². The number of amides is 1. The number of ether oxygens (including phenoxy) is 1. The lowest BCUT2D eigenvalue weighted by molar-refractivity contribution is 0.0946. The average molecular weight is 497 g/mol. The highest BCUT2D eigenvalue weighted by Gasteiger charge is 2.19. The van der Waals surface area contributed by atoms with Gasteiger partial charge in [0.1, 0.15) is 23.6 Å². The molecule has 1 heterocycles. The molecule has 0 fully saturated rings. The van der Waals surface area contributed by atoms with E-state index < -0.39 is 0 Å². The molecule has 0 saturated heterocycles. The van der Waals surface area contributed by atoms with E-state index >= 15 is 0 Å². The van der Waals surface area contributed by atoms with E-state index in [2.05, 4.69) is 46.6 Å². The molecular weight excluding hydrogens is 464 g/mol. The highest BCUT2D eigenvalue weighted by atomic mass is 16.5. The van der Waals surface area contributed by atoms with E-state index in [0.717, 1.165) is 35.5 Å². The highest BCUT2D eigenvalue weighted by Crippen LogP contribution is 2.30. The summed E-state index contributed by atoms with van der Waals surface area (Å²) in [5, 5.41) is 16.1. The molecule has 1 aromatic heterocycles. The van der Waals surface area contributed by atoms with Gasteiger partial charge in [0, 0.05) is 23.9 Å². The number of benzene rings is 3. The number of carbonyl (C=O) groups is 1. The molecule has 190 valence electrons. The van der Waals surface area contributed by atoms with Gasteiger partial charge in [0.2, 0.25) is 0 Å². The Morgan fingerprint density at radius 1 is 0.973 bits per heavy atom. The number of methoxy groups -OCH3 is 1. The summed E-state index contributed by atoms with van der Waals surface area (Å²) < 4.78 is 5.46. The molecule has 0 atom stereocenters. The number of rotatable bonds is 10. The van der Waals surface area contributed by atoms with Crippen LogP contribution in [0.15, 0.2) is 85.2 Å². The first kappa shape index (κ1) is 25.7. The van der Waals surface area contributed by atoms with Crippen LogP contribution in [0, 0.1) is 5.41 Å². The number of nitrogens with one attached hydrogen (secondary N) is 2. The van der Waals surface area contributed by atoms with Crippen molar-refractivity contribution in [1.29, 1.82) is 0 Å². The van der Waals surface area contributed by atoms with Crippen molar-refractivity contribution in [2.24, 2.45) is 5.41 Å². The summed E-state index contributed by atoms with van der Waals surface area (Å²) in [7, 11) is 1.65. The van der Waals surface area contributed by atoms with Crippen LogP contribution >= 0.6 is 0 Å². The van der Waals surface area contributed by atoms with Gasteiger partial charge in [0.25, 0.3) is 5.91 Å². The summed E-state index contributed by atoms with van der Waals surface area (Å²) in [6.07, 6.45) is 3.21. The Hall–Kier alpha value is -4.39. The molecule has 7 nitrogen and oxygen atoms in total. The second kappa shape index (κ2) is 11.6. The number of hydrogen-bond donors (Lipinski definition) is 3. The molecule has 7 heteroatoms. The van der Waals surface area contributed by atoms with Crippen LogP contribution in [0.4, 0.5) is 11.5 Å². The fourth-order valence-corrected chi connectivity index (χ4v) is 4.20. The second-order valence-corrected chi connectivity index (χ2v) is 9.67. The Kier molecular flexibility index (Phi) is 8.03. The Morgan fingerprint density at radius 3 is 2.46 bits per heavy atom. The number of hydrogen-bond acceptors (Lipinski definition) is 6. The molecule has 0 spiro atoms. The van der Waals surface area contributed by atoms with Gasteiger partial charge in [-0.1, -0.05) is 50.2 Å². The molecule has 4 rings (SSSR count). The van der Waals surface area contributed by atoms with E-state index in [9.17, 15) is 9.90 Å². The number of phenolic OH excluding ortho intramolecular Hbond substituents is 1. The first-order valence-corrected chi connectivity index (χ1v) is 12.2. The molecule has 0 aliphatic rings. The molecule has 0 saturated carbocycles. The molecule has 3 N–H and O–H groups in total. The minimum Gasteiger partial charge on any atom is -0.507 e. The third kappa shape index (κ3) is 6.85. The Balaban J connectivity index is 1.33. The van der Waals surface area contributed by atoms with Crippen molar-refractivity contribution in [1.82, 2.24) is 15.3 Å². The van der Waals surface area contributed by atoms with Crippen molar-refractivity contribution in [3.63, 3.8) is 0 Å². The maximum absolute atomic E-state index is 12.3. The van der Waals surface area contributed by atoms with Gasteiger partial charge in [0.15, 0.2) is 0 Å². The zero-order valence-corrected chi connectivity index (χ0v) is 21.4. The van der Waals surface area contributed by atoms with Crippen LogP contribution in [0.5, 0.6) is 11.5 Å². The molecular formula is C30H32N4O3. The van der Waals surface area contributed by atoms with Gasteiger partial charge in [-0.3, -0.25) is 4.79 Å². The predicted molar refractivity (Wildman–Crippen MR) is 146 cm³/mol. The number of aromatic hydroxyl groups is 1. The SMILES string of the molecule is COc1ccccc1-c1cc(Nc2ccc(CC(C)(C)CCNC(=O)c3ccccc3O)cc2)ncn1. The molecule has 37 heavy (non-hydrogen) atoms. The monoisotopic (exact) mass is 496 g/mol. The summed E-state index contributed by atoms with van der Waals surface area (Å²) in [5.74, 6) is 1.19. The molecule has 0 unspecified atom stereocenters. The number of anilines is 2. The Morgan fingerprint density at radius 2 is 1.70 bits per heavy atom. The van der Waals surface area contributed by atoms with Gasteiger partial charge in [0.05, 0.1) is 18.4 Å². The Bertz CT molecular complexity index is 1350. The molecule has 1 amide bonds. The molecule has 0 aliphatic heterocycles. The maximum atomic E-state index is 12.3. The van der Waals surface area contributed by atoms with Crippen LogP contribution in [0.1, 0.15) is 36.2 Å². The largest absolute Gasteiger partial charge is 0.507 e. The number of carbonyl (C=O) groups excluding carboxylic acids is 1. The van der Waals surface area contributed by atoms with Crippen molar-refractivity contribution in [2.45, 2.75) is 26.7 Å². The average Bonchev–Trinajstić information content (AvgIpc) is 2.90. The number of aromatic nitrogens is 2. The normalized spacial score (nSPS) is 11.1. The van der Waals surface area contributed by atoms with Gasteiger partial charge in [-0.25, -0.2) is 9.97 Å². The van der Waals surface area contributed by atoms with Crippen LogP contribution in [-0.4, -0.2) is 34.6 Å². The van der Waals surface area contributed by atoms with Crippen LogP contribution in [0.3, 0.4) is 0 Å². The lowest BCUT2D eigenvalue weighted by Gasteiger charge is -2.25. The minimum absolute atomic E-state index is 0.00839. The van der Waals surface area contributed by atoms with E-state index in [-0.39, 0.29) is 17.1 Å². The van der Waals surface area contributed by atoms with Gasteiger partial charge >= 0.3 is 0 Å². The third-order valence-corrected chi connectivity index (χ3v) is 6.20. The second-order valence-electron chi connectivity index (χ2n) is 9.67. The lowest BCUT2D eigenvalue weighted by Crippen LogP contribution is -2.29. The van der Waals surface area contributed by atoms with Gasteiger partial charge < -0.3 is 20.5 Å². The summed E-state index contributed by atoms with van der Waals surface area (Å²) in [6.45, 7) is 4.90. The van der Waals surface area contributed by atoms with E-state index in [4.69, 9.17) is 4.74 Å². The minimum atomic E-state index is -0.261. The van der Waals surface area contributed by atoms with Crippen LogP contribution in [0.25, 0.3) is 11.3 Å². The maximum Gasteiger partial charge on any atom is 0.255 e. The summed E-state index contributed by atoms with van der Waals surface area (Å²) >= 11 is 0. The Labute approximate surface area is 217 Å². The summed E-state index contributed by atoms with van der Waals surface area (Å²) in [5.41, 5.74) is 4.10. The van der Waals surface area contributed by atoms with Gasteiger partial charge in [-0.2, -0.15) is 0 Å². The third-order valence-electron chi connectivity index (χ3n) is 6.20. The standard InChI is InChI=1S/C30H32N4O3/c1-30(2,16-17-31-29(36)24-9-4-6-10-26(24)35)19-21-12-14-22(15-13-21)34-28-18-25(32-20-33-28)23-8-5-7-11-27(23)37-3/h4-15,18,20,35H,16-17,19H2,1-3H3,(H,31,36)(H,32,33,34). The molecule has 4 aromatic rings. The zero-order chi connectivity index (χ0) is 26.3. The summed E-state index contributed by atoms with van der Waals surface area (Å²) in [4.78, 5) is 21.1. The van der Waals surface area contributed by atoms with Gasteiger partial charge in [-0.15, -0.1) is 0 Å². The van der Waals surface area contributed by atoms with E-state index in [1.165, 1.54) is 11.6 Å². The molecule has 0 aliphatic carbocycles. The predicted octanol–water partition coefficient (Wildman–Crippen LogP) is 5.99. The van der Waals surface area contributed by atoms with Crippen molar-refractivity contribution in [2.75, 3.05) is 19.0 Å². The van der Waals surface area contributed by atoms with E-state index in [1.54, 1.807) is 31.6 Å². The quantitative estimate of drug-likeness (QED) is 0.250. The highest BCUT2D eigenvalue weighted by molar-refractivity contribution is 5.96. The van der Waals surface area contributed by atoms with Crippen molar-refractivity contribution in [3.8, 4) is 22.8 Å². The van der Waals surface area contributed by atoms with Crippen LogP contribution in [0.2, 0.25) is 0 Å². The topological polar surface area (TPSA) is 96.4 Å². The fourth-order valence-electron chi connectivity index (χ4n) is 4.20. The van der Waals surface area contributed by atoms with Crippen molar-refractivity contribution >= 4 is 17.4 Å². The molecule has 0 bridgehead atoms. The first-order valence-electron chi connectivity index (χ1n) is 12.2. The molecule has 0 radical (unpaired) electrons. The summed E-state index contributed by atoms with van der Waals surface area (Å²) in [6, 6.07) is 24.5. The van der Waals surface area contributed by atoms with Crippen molar-refractivity contribution in [3.05, 3.63) is 96.3 Å². The lowest BCUT2D eigenvalue weighted by atomic mass is 9.82.